The lowest BCUT2D eigenvalue weighted by atomic mass is 10.1. The monoisotopic (exact) mass is 251 g/mol. The van der Waals surface area contributed by atoms with Crippen molar-refractivity contribution >= 4 is 28.0 Å². The second-order valence-electron chi connectivity index (χ2n) is 4.79. The van der Waals surface area contributed by atoms with E-state index >= 15 is 0 Å². The molecule has 1 aromatic heterocycles. The molecule has 0 aliphatic rings. The molecule has 19 heavy (non-hydrogen) atoms. The summed E-state index contributed by atoms with van der Waals surface area (Å²) in [5.41, 5.74) is 11.4. The number of nitrogens with zero attached hydrogens (tertiary/aromatic N) is 1. The number of rotatable bonds is 2. The van der Waals surface area contributed by atoms with E-state index in [9.17, 15) is 0 Å². The summed E-state index contributed by atoms with van der Waals surface area (Å²) < 4.78 is 0. The Morgan fingerprint density at radius 2 is 1.84 bits per heavy atom. The first-order valence-corrected chi connectivity index (χ1v) is 6.33. The number of benzene rings is 2. The maximum atomic E-state index is 6.12. The Bertz CT molecular complexity index is 707. The molecule has 3 heteroatoms. The van der Waals surface area contributed by atoms with Gasteiger partial charge in [-0.3, -0.25) is 0 Å². The van der Waals surface area contributed by atoms with Gasteiger partial charge in [-0.05, 0) is 24.6 Å². The van der Waals surface area contributed by atoms with Crippen LogP contribution in [-0.4, -0.2) is 12.0 Å². The molecule has 0 saturated heterocycles. The fourth-order valence-corrected chi connectivity index (χ4v) is 2.59. The molecule has 0 bridgehead atoms. The molecule has 3 rings (SSSR count). The van der Waals surface area contributed by atoms with Crippen molar-refractivity contribution in [1.29, 1.82) is 0 Å². The van der Waals surface area contributed by atoms with Crippen molar-refractivity contribution in [3.8, 4) is 0 Å². The molecule has 0 unspecified atom stereocenters. The van der Waals surface area contributed by atoms with Crippen molar-refractivity contribution in [3.63, 3.8) is 0 Å². The average Bonchev–Trinajstić information content (AvgIpc) is 2.82. The molecule has 96 valence electrons. The van der Waals surface area contributed by atoms with Crippen molar-refractivity contribution in [2.75, 3.05) is 17.7 Å². The van der Waals surface area contributed by atoms with Gasteiger partial charge in [0.15, 0.2) is 0 Å². The zero-order valence-corrected chi connectivity index (χ0v) is 11.1. The van der Waals surface area contributed by atoms with Gasteiger partial charge in [-0.2, -0.15) is 0 Å². The largest absolute Gasteiger partial charge is 0.397 e. The number of H-pyrrole nitrogens is 1. The van der Waals surface area contributed by atoms with Gasteiger partial charge in [0.25, 0.3) is 0 Å². The van der Waals surface area contributed by atoms with Crippen molar-refractivity contribution in [2.24, 2.45) is 0 Å². The normalized spacial score (nSPS) is 10.8. The van der Waals surface area contributed by atoms with Crippen molar-refractivity contribution < 1.29 is 0 Å². The van der Waals surface area contributed by atoms with Gasteiger partial charge in [0.05, 0.1) is 17.1 Å². The van der Waals surface area contributed by atoms with E-state index < -0.39 is 0 Å². The van der Waals surface area contributed by atoms with Gasteiger partial charge in [-0.15, -0.1) is 0 Å². The Balaban J connectivity index is 2.16. The Hall–Kier alpha value is -2.42. The van der Waals surface area contributed by atoms with E-state index in [-0.39, 0.29) is 0 Å². The van der Waals surface area contributed by atoms with Crippen LogP contribution >= 0.6 is 0 Å². The molecule has 3 N–H and O–H groups in total. The van der Waals surface area contributed by atoms with E-state index in [0.717, 1.165) is 22.6 Å². The number of aromatic amines is 1. The molecule has 0 amide bonds. The van der Waals surface area contributed by atoms with Crippen LogP contribution in [0.5, 0.6) is 0 Å². The summed E-state index contributed by atoms with van der Waals surface area (Å²) in [6.45, 7) is 2.08. The number of nitrogens with two attached hydrogens (primary N) is 1. The summed E-state index contributed by atoms with van der Waals surface area (Å²) in [5, 5.41) is 1.20. The highest BCUT2D eigenvalue weighted by molar-refractivity contribution is 5.96. The smallest absolute Gasteiger partial charge is 0.0672 e. The number of nitrogen functional groups attached to an aromatic ring is 1. The first kappa shape index (κ1) is 11.7. The van der Waals surface area contributed by atoms with Gasteiger partial charge in [0.1, 0.15) is 0 Å². The van der Waals surface area contributed by atoms with Gasteiger partial charge in [0, 0.05) is 24.1 Å². The summed E-state index contributed by atoms with van der Waals surface area (Å²) in [6.07, 6.45) is 2.02. The molecule has 0 fully saturated rings. The Kier molecular flexibility index (Phi) is 2.67. The summed E-state index contributed by atoms with van der Waals surface area (Å²) in [5.74, 6) is 0. The topological polar surface area (TPSA) is 45.0 Å². The number of fused-ring (bicyclic) bond motifs is 1. The minimum Gasteiger partial charge on any atom is -0.397 e. The van der Waals surface area contributed by atoms with Gasteiger partial charge in [-0.25, -0.2) is 0 Å². The number of anilines is 3. The predicted octanol–water partition coefficient (Wildman–Crippen LogP) is 3.83. The van der Waals surface area contributed by atoms with Crippen LogP contribution in [-0.2, 0) is 0 Å². The highest BCUT2D eigenvalue weighted by Crippen LogP contribution is 2.35. The van der Waals surface area contributed by atoms with Gasteiger partial charge < -0.3 is 15.6 Å². The Morgan fingerprint density at radius 3 is 2.63 bits per heavy atom. The molecule has 0 spiro atoms. The molecular formula is C16H17N3. The average molecular weight is 251 g/mol. The quantitative estimate of drug-likeness (QED) is 0.680. The maximum absolute atomic E-state index is 6.12. The first-order valence-electron chi connectivity index (χ1n) is 6.33. The SMILES string of the molecule is Cc1cccc(N)c1N(C)c1c[nH]c2ccccc12. The number of nitrogens with one attached hydrogen (secondary N) is 1. The maximum Gasteiger partial charge on any atom is 0.0672 e. The van der Waals surface area contributed by atoms with Crippen molar-refractivity contribution in [3.05, 3.63) is 54.2 Å². The van der Waals surface area contributed by atoms with E-state index in [4.69, 9.17) is 5.73 Å². The molecule has 3 nitrogen and oxygen atoms in total. The molecule has 3 aromatic rings. The summed E-state index contributed by atoms with van der Waals surface area (Å²) >= 11 is 0. The van der Waals surface area contributed by atoms with E-state index in [1.54, 1.807) is 0 Å². The van der Waals surface area contributed by atoms with Crippen LogP contribution < -0.4 is 10.6 Å². The molecule has 2 aromatic carbocycles. The van der Waals surface area contributed by atoms with E-state index in [1.165, 1.54) is 10.9 Å². The van der Waals surface area contributed by atoms with Crippen LogP contribution in [0.3, 0.4) is 0 Å². The third-order valence-corrected chi connectivity index (χ3v) is 3.53. The van der Waals surface area contributed by atoms with Crippen LogP contribution in [0.1, 0.15) is 5.56 Å². The summed E-state index contributed by atoms with van der Waals surface area (Å²) in [6, 6.07) is 14.3. The fraction of sp³-hybridized carbons (Fsp3) is 0.125. The van der Waals surface area contributed by atoms with Gasteiger partial charge in [-0.1, -0.05) is 30.3 Å². The lowest BCUT2D eigenvalue weighted by molar-refractivity contribution is 1.19. The molecule has 0 radical (unpaired) electrons. The van der Waals surface area contributed by atoms with Crippen LogP contribution in [0, 0.1) is 6.92 Å². The van der Waals surface area contributed by atoms with Crippen LogP contribution in [0.4, 0.5) is 17.1 Å². The highest BCUT2D eigenvalue weighted by atomic mass is 15.1. The Morgan fingerprint density at radius 1 is 1.05 bits per heavy atom. The zero-order chi connectivity index (χ0) is 13.4. The number of hydrogen-bond donors (Lipinski definition) is 2. The number of hydrogen-bond acceptors (Lipinski definition) is 2. The predicted molar refractivity (Wildman–Crippen MR) is 82.0 cm³/mol. The van der Waals surface area contributed by atoms with Crippen LogP contribution in [0.25, 0.3) is 10.9 Å². The van der Waals surface area contributed by atoms with E-state index in [2.05, 4.69) is 41.1 Å². The molecule has 0 aliphatic heterocycles. The second-order valence-corrected chi connectivity index (χ2v) is 4.79. The lowest BCUT2D eigenvalue weighted by Gasteiger charge is -2.22. The standard InChI is InChI=1S/C16H17N3/c1-11-6-5-8-13(17)16(11)19(2)15-10-18-14-9-4-3-7-12(14)15/h3-10,18H,17H2,1-2H3. The second kappa shape index (κ2) is 4.35. The number of para-hydroxylation sites is 2. The summed E-state index contributed by atoms with van der Waals surface area (Å²) in [7, 11) is 2.05. The van der Waals surface area contributed by atoms with Crippen molar-refractivity contribution in [2.45, 2.75) is 6.92 Å². The molecule has 0 aliphatic carbocycles. The van der Waals surface area contributed by atoms with E-state index in [0.29, 0.717) is 0 Å². The minimum atomic E-state index is 0.799. The molecule has 1 heterocycles. The third kappa shape index (κ3) is 1.83. The minimum absolute atomic E-state index is 0.799. The number of aryl methyl sites for hydroxylation is 1. The highest BCUT2D eigenvalue weighted by Gasteiger charge is 2.13. The van der Waals surface area contributed by atoms with Gasteiger partial charge in [0.2, 0.25) is 0 Å². The lowest BCUT2D eigenvalue weighted by Crippen LogP contribution is -2.12. The third-order valence-electron chi connectivity index (χ3n) is 3.53. The van der Waals surface area contributed by atoms with Gasteiger partial charge >= 0.3 is 0 Å². The first-order chi connectivity index (χ1) is 9.18. The zero-order valence-electron chi connectivity index (χ0n) is 11.1. The molecular weight excluding hydrogens is 234 g/mol. The summed E-state index contributed by atoms with van der Waals surface area (Å²) in [4.78, 5) is 5.44. The van der Waals surface area contributed by atoms with Crippen LogP contribution in [0.15, 0.2) is 48.7 Å². The Labute approximate surface area is 112 Å². The van der Waals surface area contributed by atoms with E-state index in [1.807, 2.05) is 31.4 Å². The van der Waals surface area contributed by atoms with Crippen molar-refractivity contribution in [1.82, 2.24) is 4.98 Å². The molecule has 0 saturated carbocycles. The molecule has 0 atom stereocenters. The van der Waals surface area contributed by atoms with Crippen LogP contribution in [0.2, 0.25) is 0 Å². The number of aromatic nitrogens is 1. The fourth-order valence-electron chi connectivity index (χ4n) is 2.59.